The fourth-order valence-electron chi connectivity index (χ4n) is 1.92. The van der Waals surface area contributed by atoms with Gasteiger partial charge in [-0.15, -0.1) is 11.3 Å². The maximum atomic E-state index is 11.0. The van der Waals surface area contributed by atoms with Crippen LogP contribution in [-0.2, 0) is 16.0 Å². The third kappa shape index (κ3) is 3.98. The quantitative estimate of drug-likeness (QED) is 0.773. The third-order valence-corrected chi connectivity index (χ3v) is 4.22. The monoisotopic (exact) mass is 268 g/mol. The number of aromatic nitrogens is 1. The van der Waals surface area contributed by atoms with Gasteiger partial charge in [0, 0.05) is 18.3 Å². The van der Waals surface area contributed by atoms with Crippen LogP contribution in [0.25, 0.3) is 0 Å². The van der Waals surface area contributed by atoms with Gasteiger partial charge in [-0.2, -0.15) is 0 Å². The number of esters is 1. The van der Waals surface area contributed by atoms with Crippen LogP contribution in [0.5, 0.6) is 0 Å². The van der Waals surface area contributed by atoms with Gasteiger partial charge in [-0.25, -0.2) is 4.98 Å². The van der Waals surface area contributed by atoms with Gasteiger partial charge in [0.15, 0.2) is 5.13 Å². The van der Waals surface area contributed by atoms with E-state index in [0.29, 0.717) is 12.8 Å². The molecular weight excluding hydrogens is 248 g/mol. The van der Waals surface area contributed by atoms with E-state index >= 15 is 0 Å². The Labute approximate surface area is 112 Å². The molecule has 2 rings (SSSR count). The van der Waals surface area contributed by atoms with Gasteiger partial charge in [-0.05, 0) is 24.7 Å². The van der Waals surface area contributed by atoms with Crippen molar-refractivity contribution in [3.05, 3.63) is 11.1 Å². The van der Waals surface area contributed by atoms with Crippen molar-refractivity contribution in [2.75, 3.05) is 19.0 Å². The second-order valence-corrected chi connectivity index (χ2v) is 5.77. The highest BCUT2D eigenvalue weighted by atomic mass is 32.1. The summed E-state index contributed by atoms with van der Waals surface area (Å²) in [7, 11) is 1.41. The van der Waals surface area contributed by atoms with Crippen LogP contribution in [0.15, 0.2) is 5.38 Å². The number of nitrogens with zero attached hydrogens (tertiary/aromatic N) is 1. The van der Waals surface area contributed by atoms with Crippen LogP contribution in [0.2, 0.25) is 0 Å². The van der Waals surface area contributed by atoms with Gasteiger partial charge in [0.2, 0.25) is 0 Å². The van der Waals surface area contributed by atoms with Crippen LogP contribution in [0.4, 0.5) is 5.13 Å². The normalized spacial score (nSPS) is 16.3. The van der Waals surface area contributed by atoms with E-state index in [1.54, 1.807) is 11.3 Å². The van der Waals surface area contributed by atoms with Crippen molar-refractivity contribution in [3.63, 3.8) is 0 Å². The minimum atomic E-state index is -0.181. The van der Waals surface area contributed by atoms with Gasteiger partial charge < -0.3 is 10.1 Å². The summed E-state index contributed by atoms with van der Waals surface area (Å²) >= 11 is 1.61. The standard InChI is InChI=1S/C13H20N2O2S/c1-9(10-3-4-10)7-14-13-15-11(8-18-13)5-6-12(16)17-2/h8-10H,3-7H2,1-2H3,(H,14,15). The fourth-order valence-corrected chi connectivity index (χ4v) is 2.67. The average molecular weight is 268 g/mol. The molecule has 1 heterocycles. The summed E-state index contributed by atoms with van der Waals surface area (Å²) in [5.41, 5.74) is 0.965. The number of carbonyl (C=O) groups excluding carboxylic acids is 1. The van der Waals surface area contributed by atoms with Crippen molar-refractivity contribution in [2.45, 2.75) is 32.6 Å². The van der Waals surface area contributed by atoms with Crippen molar-refractivity contribution >= 4 is 22.4 Å². The summed E-state index contributed by atoms with van der Waals surface area (Å²) in [6, 6.07) is 0. The van der Waals surface area contributed by atoms with Gasteiger partial charge in [0.25, 0.3) is 0 Å². The first kappa shape index (κ1) is 13.3. The summed E-state index contributed by atoms with van der Waals surface area (Å²) in [6.07, 6.45) is 3.82. The maximum Gasteiger partial charge on any atom is 0.305 e. The largest absolute Gasteiger partial charge is 0.469 e. The van der Waals surface area contributed by atoms with Crippen LogP contribution in [0.1, 0.15) is 31.9 Å². The first-order valence-electron chi connectivity index (χ1n) is 6.44. The molecule has 100 valence electrons. The molecule has 0 spiro atoms. The zero-order valence-corrected chi connectivity index (χ0v) is 11.8. The Kier molecular flexibility index (Phi) is 4.58. The Morgan fingerprint density at radius 3 is 3.11 bits per heavy atom. The molecule has 1 N–H and O–H groups in total. The molecule has 1 aliphatic carbocycles. The van der Waals surface area contributed by atoms with E-state index < -0.39 is 0 Å². The zero-order valence-electron chi connectivity index (χ0n) is 10.9. The molecule has 1 atom stereocenters. The number of ether oxygens (including phenoxy) is 1. The Balaban J connectivity index is 1.73. The Morgan fingerprint density at radius 2 is 2.44 bits per heavy atom. The van der Waals surface area contributed by atoms with Crippen LogP contribution in [0.3, 0.4) is 0 Å². The molecule has 1 saturated carbocycles. The minimum Gasteiger partial charge on any atom is -0.469 e. The van der Waals surface area contributed by atoms with E-state index in [1.165, 1.54) is 20.0 Å². The van der Waals surface area contributed by atoms with E-state index in [1.807, 2.05) is 5.38 Å². The smallest absolute Gasteiger partial charge is 0.305 e. The number of hydrogen-bond donors (Lipinski definition) is 1. The number of aryl methyl sites for hydroxylation is 1. The SMILES string of the molecule is COC(=O)CCc1csc(NCC(C)C2CC2)n1. The highest BCUT2D eigenvalue weighted by molar-refractivity contribution is 7.13. The molecular formula is C13H20N2O2S. The van der Waals surface area contributed by atoms with E-state index in [2.05, 4.69) is 22.0 Å². The van der Waals surface area contributed by atoms with E-state index in [0.717, 1.165) is 29.2 Å². The Bertz CT molecular complexity index is 401. The second kappa shape index (κ2) is 6.18. The molecule has 0 bridgehead atoms. The van der Waals surface area contributed by atoms with Gasteiger partial charge >= 0.3 is 5.97 Å². The molecule has 5 heteroatoms. The molecule has 1 unspecified atom stereocenters. The zero-order chi connectivity index (χ0) is 13.0. The molecule has 1 aromatic heterocycles. The first-order chi connectivity index (χ1) is 8.69. The number of carbonyl (C=O) groups is 1. The Hall–Kier alpha value is -1.10. The van der Waals surface area contributed by atoms with Gasteiger partial charge in [-0.1, -0.05) is 6.92 Å². The molecule has 0 saturated heterocycles. The first-order valence-corrected chi connectivity index (χ1v) is 7.32. The summed E-state index contributed by atoms with van der Waals surface area (Å²) in [5.74, 6) is 1.46. The predicted octanol–water partition coefficient (Wildman–Crippen LogP) is 2.71. The lowest BCUT2D eigenvalue weighted by Crippen LogP contribution is -2.12. The van der Waals surface area contributed by atoms with Crippen molar-refractivity contribution in [1.29, 1.82) is 0 Å². The van der Waals surface area contributed by atoms with Gasteiger partial charge in [0.05, 0.1) is 19.2 Å². The number of nitrogens with one attached hydrogen (secondary N) is 1. The lowest BCUT2D eigenvalue weighted by atomic mass is 10.1. The number of hydrogen-bond acceptors (Lipinski definition) is 5. The maximum absolute atomic E-state index is 11.0. The highest BCUT2D eigenvalue weighted by Gasteiger charge is 2.27. The molecule has 0 amide bonds. The van der Waals surface area contributed by atoms with Crippen molar-refractivity contribution < 1.29 is 9.53 Å². The molecule has 1 fully saturated rings. The summed E-state index contributed by atoms with van der Waals surface area (Å²) in [6.45, 7) is 3.28. The lowest BCUT2D eigenvalue weighted by Gasteiger charge is -2.09. The molecule has 4 nitrogen and oxygen atoms in total. The van der Waals surface area contributed by atoms with E-state index in [-0.39, 0.29) is 5.97 Å². The second-order valence-electron chi connectivity index (χ2n) is 4.92. The minimum absolute atomic E-state index is 0.181. The van der Waals surface area contributed by atoms with Crippen LogP contribution in [0, 0.1) is 11.8 Å². The average Bonchev–Trinajstić information content (AvgIpc) is 3.13. The third-order valence-electron chi connectivity index (χ3n) is 3.37. The molecule has 18 heavy (non-hydrogen) atoms. The van der Waals surface area contributed by atoms with Gasteiger partial charge in [-0.3, -0.25) is 4.79 Å². The van der Waals surface area contributed by atoms with Crippen LogP contribution < -0.4 is 5.32 Å². The summed E-state index contributed by atoms with van der Waals surface area (Å²) in [4.78, 5) is 15.5. The summed E-state index contributed by atoms with van der Waals surface area (Å²) in [5, 5.41) is 6.35. The van der Waals surface area contributed by atoms with Crippen LogP contribution >= 0.6 is 11.3 Å². The Morgan fingerprint density at radius 1 is 1.67 bits per heavy atom. The highest BCUT2D eigenvalue weighted by Crippen LogP contribution is 2.36. The number of anilines is 1. The number of methoxy groups -OCH3 is 1. The predicted molar refractivity (Wildman–Crippen MR) is 72.8 cm³/mol. The van der Waals surface area contributed by atoms with E-state index in [4.69, 9.17) is 0 Å². The van der Waals surface area contributed by atoms with E-state index in [9.17, 15) is 4.79 Å². The van der Waals surface area contributed by atoms with Crippen molar-refractivity contribution in [1.82, 2.24) is 4.98 Å². The number of rotatable bonds is 7. The number of thiazole rings is 1. The molecule has 1 aliphatic rings. The molecule has 0 radical (unpaired) electrons. The summed E-state index contributed by atoms with van der Waals surface area (Å²) < 4.78 is 4.61. The van der Waals surface area contributed by atoms with Crippen molar-refractivity contribution in [3.8, 4) is 0 Å². The lowest BCUT2D eigenvalue weighted by molar-refractivity contribution is -0.140. The fraction of sp³-hybridized carbons (Fsp3) is 0.692. The van der Waals surface area contributed by atoms with Crippen molar-refractivity contribution in [2.24, 2.45) is 11.8 Å². The van der Waals surface area contributed by atoms with Gasteiger partial charge in [0.1, 0.15) is 0 Å². The molecule has 0 aromatic carbocycles. The molecule has 0 aliphatic heterocycles. The topological polar surface area (TPSA) is 51.2 Å². The van der Waals surface area contributed by atoms with Crippen LogP contribution in [-0.4, -0.2) is 24.6 Å². The molecule has 1 aromatic rings.